The van der Waals surface area contributed by atoms with Crippen molar-refractivity contribution in [2.45, 2.75) is 75.9 Å². The fourth-order valence-corrected chi connectivity index (χ4v) is 6.64. The van der Waals surface area contributed by atoms with Crippen molar-refractivity contribution in [1.82, 2.24) is 26.3 Å². The molecule has 4 amide bonds. The summed E-state index contributed by atoms with van der Waals surface area (Å²) in [5.41, 5.74) is 1.49. The van der Waals surface area contributed by atoms with Crippen molar-refractivity contribution in [2.24, 2.45) is 5.92 Å². The van der Waals surface area contributed by atoms with Gasteiger partial charge in [0, 0.05) is 40.9 Å². The number of benzene rings is 2. The highest BCUT2D eigenvalue weighted by Gasteiger charge is 2.35. The molecule has 1 aliphatic carbocycles. The largest absolute Gasteiger partial charge is 0.356 e. The van der Waals surface area contributed by atoms with E-state index < -0.39 is 41.5 Å². The van der Waals surface area contributed by atoms with Crippen molar-refractivity contribution in [1.29, 1.82) is 0 Å². The molecule has 1 aliphatic heterocycles. The zero-order valence-corrected chi connectivity index (χ0v) is 26.3. The predicted octanol–water partition coefficient (Wildman–Crippen LogP) is 4.23. The molecule has 1 saturated heterocycles. The first-order valence-corrected chi connectivity index (χ1v) is 16.2. The lowest BCUT2D eigenvalue weighted by Gasteiger charge is -2.28. The summed E-state index contributed by atoms with van der Waals surface area (Å²) < 4.78 is 0. The Morgan fingerprint density at radius 2 is 1.64 bits per heavy atom. The molecule has 3 aromatic rings. The number of hydrogen-bond donors (Lipinski definition) is 5. The average Bonchev–Trinajstić information content (AvgIpc) is 3.47. The Morgan fingerprint density at radius 1 is 0.889 bits per heavy atom. The van der Waals surface area contributed by atoms with Gasteiger partial charge in [0.05, 0.1) is 11.1 Å². The maximum atomic E-state index is 13.9. The number of nitrogens with one attached hydrogen (secondary N) is 5. The van der Waals surface area contributed by atoms with Gasteiger partial charge in [-0.3, -0.25) is 24.0 Å². The van der Waals surface area contributed by atoms with Gasteiger partial charge in [-0.05, 0) is 55.9 Å². The molecule has 2 aliphatic rings. The summed E-state index contributed by atoms with van der Waals surface area (Å²) in [5.74, 6) is -3.56. The molecular weight excluding hydrogens is 617 g/mol. The highest BCUT2D eigenvalue weighted by Crippen LogP contribution is 2.28. The highest BCUT2D eigenvalue weighted by molar-refractivity contribution is 6.39. The molecule has 0 spiro atoms. The molecule has 2 aromatic carbocycles. The number of aromatic amines is 1. The molecule has 2 heterocycles. The molecule has 0 bridgehead atoms. The topological polar surface area (TPSA) is 149 Å². The number of hydrogen-bond acceptors (Lipinski definition) is 5. The van der Waals surface area contributed by atoms with E-state index in [9.17, 15) is 24.0 Å². The minimum absolute atomic E-state index is 0.0260. The average molecular weight is 655 g/mol. The van der Waals surface area contributed by atoms with E-state index in [4.69, 9.17) is 23.2 Å². The molecule has 10 nitrogen and oxygen atoms in total. The Labute approximate surface area is 271 Å². The third kappa shape index (κ3) is 8.43. The maximum absolute atomic E-state index is 13.9. The van der Waals surface area contributed by atoms with Crippen LogP contribution in [0.15, 0.2) is 48.5 Å². The van der Waals surface area contributed by atoms with Gasteiger partial charge >= 0.3 is 0 Å². The fourth-order valence-electron chi connectivity index (χ4n) is 6.09. The van der Waals surface area contributed by atoms with Gasteiger partial charge in [0.25, 0.3) is 11.8 Å². The molecule has 0 radical (unpaired) electrons. The van der Waals surface area contributed by atoms with E-state index >= 15 is 0 Å². The normalized spacial score (nSPS) is 18.4. The summed E-state index contributed by atoms with van der Waals surface area (Å²) in [5, 5.41) is 12.5. The first-order valence-electron chi connectivity index (χ1n) is 15.4. The standard InChI is InChI=1S/C33H37Cl2N5O5/c34-21-16-24(35)23-18-28(38-25(23)17-21)32(44)40-27(14-19-8-3-1-4-9-19)31(43)39-26(15-20-10-7-13-36-30(20)42)29(41)33(45)37-22-11-5-2-6-12-22/h1,3-4,8-9,16-18,20,22,26-27,38H,2,5-7,10-15H2,(H,36,42)(H,37,45)(H,39,43)(H,40,44)/t20-,26?,27-/m0/s1. The number of Topliss-reactive ketones (excluding diaryl/α,β-unsaturated/α-hetero) is 1. The van der Waals surface area contributed by atoms with Crippen LogP contribution in [0.2, 0.25) is 10.0 Å². The van der Waals surface area contributed by atoms with E-state index in [2.05, 4.69) is 26.3 Å². The number of halogens is 2. The lowest BCUT2D eigenvalue weighted by molar-refractivity contribution is -0.141. The number of ketones is 1. The number of rotatable bonds is 11. The summed E-state index contributed by atoms with van der Waals surface area (Å²) in [6, 6.07) is 11.4. The summed E-state index contributed by atoms with van der Waals surface area (Å²) in [4.78, 5) is 69.6. The van der Waals surface area contributed by atoms with Crippen molar-refractivity contribution in [3.8, 4) is 0 Å². The lowest BCUT2D eigenvalue weighted by atomic mass is 9.89. The first-order chi connectivity index (χ1) is 21.7. The van der Waals surface area contributed by atoms with Gasteiger partial charge in [-0.2, -0.15) is 0 Å². The van der Waals surface area contributed by atoms with Gasteiger partial charge < -0.3 is 26.3 Å². The molecule has 2 fully saturated rings. The Balaban J connectivity index is 1.37. The van der Waals surface area contributed by atoms with Gasteiger partial charge in [0.15, 0.2) is 0 Å². The third-order valence-corrected chi connectivity index (χ3v) is 9.05. The van der Waals surface area contributed by atoms with Crippen LogP contribution in [0.4, 0.5) is 0 Å². The molecule has 45 heavy (non-hydrogen) atoms. The second kappa shape index (κ2) is 14.9. The van der Waals surface area contributed by atoms with Gasteiger partial charge in [0.2, 0.25) is 17.6 Å². The number of aromatic nitrogens is 1. The molecular formula is C33H37Cl2N5O5. The summed E-state index contributed by atoms with van der Waals surface area (Å²) in [6.45, 7) is 0.541. The SMILES string of the molecule is O=C(NC1CCCCC1)C(=O)C(C[C@@H]1CCCNC1=O)NC(=O)[C@H](Cc1ccccc1)NC(=O)c1cc2c(Cl)cc(Cl)cc2[nH]1. The molecule has 1 aromatic heterocycles. The second-order valence-electron chi connectivity index (χ2n) is 11.8. The van der Waals surface area contributed by atoms with E-state index in [0.717, 1.165) is 44.1 Å². The van der Waals surface area contributed by atoms with Crippen molar-refractivity contribution in [2.75, 3.05) is 6.54 Å². The van der Waals surface area contributed by atoms with E-state index in [1.807, 2.05) is 30.3 Å². The van der Waals surface area contributed by atoms with E-state index in [0.29, 0.717) is 33.9 Å². The van der Waals surface area contributed by atoms with Crippen LogP contribution in [0.3, 0.4) is 0 Å². The molecule has 3 atom stereocenters. The third-order valence-electron chi connectivity index (χ3n) is 8.52. The van der Waals surface area contributed by atoms with E-state index in [-0.39, 0.29) is 30.5 Å². The molecule has 12 heteroatoms. The van der Waals surface area contributed by atoms with E-state index in [1.165, 1.54) is 0 Å². The molecule has 1 unspecified atom stereocenters. The van der Waals surface area contributed by atoms with Crippen molar-refractivity contribution in [3.05, 3.63) is 69.8 Å². The minimum Gasteiger partial charge on any atom is -0.356 e. The maximum Gasteiger partial charge on any atom is 0.289 e. The fraction of sp³-hybridized carbons (Fsp3) is 0.424. The Hall–Kier alpha value is -3.89. The van der Waals surface area contributed by atoms with Gasteiger partial charge in [-0.1, -0.05) is 72.8 Å². The smallest absolute Gasteiger partial charge is 0.289 e. The van der Waals surface area contributed by atoms with Crippen LogP contribution in [0.25, 0.3) is 10.9 Å². The molecule has 5 rings (SSSR count). The van der Waals surface area contributed by atoms with Gasteiger partial charge in [0.1, 0.15) is 11.7 Å². The molecule has 238 valence electrons. The minimum atomic E-state index is -1.25. The Bertz CT molecular complexity index is 1570. The zero-order valence-electron chi connectivity index (χ0n) is 24.8. The van der Waals surface area contributed by atoms with Crippen molar-refractivity contribution in [3.63, 3.8) is 0 Å². The van der Waals surface area contributed by atoms with Crippen molar-refractivity contribution >= 4 is 63.5 Å². The number of H-pyrrole nitrogens is 1. The quantitative estimate of drug-likeness (QED) is 0.196. The van der Waals surface area contributed by atoms with Crippen LogP contribution in [0.5, 0.6) is 0 Å². The van der Waals surface area contributed by atoms with Crippen LogP contribution < -0.4 is 21.3 Å². The van der Waals surface area contributed by atoms with Crippen LogP contribution in [0.1, 0.15) is 67.4 Å². The van der Waals surface area contributed by atoms with Crippen LogP contribution in [-0.2, 0) is 25.6 Å². The number of piperidine rings is 1. The van der Waals surface area contributed by atoms with Gasteiger partial charge in [-0.15, -0.1) is 0 Å². The van der Waals surface area contributed by atoms with Crippen molar-refractivity contribution < 1.29 is 24.0 Å². The molecule has 1 saturated carbocycles. The number of fused-ring (bicyclic) bond motifs is 1. The second-order valence-corrected chi connectivity index (χ2v) is 12.7. The lowest BCUT2D eigenvalue weighted by Crippen LogP contribution is -2.56. The predicted molar refractivity (Wildman–Crippen MR) is 172 cm³/mol. The monoisotopic (exact) mass is 653 g/mol. The number of amides is 4. The summed E-state index contributed by atoms with van der Waals surface area (Å²) in [7, 11) is 0. The number of carbonyl (C=O) groups excluding carboxylic acids is 5. The summed E-state index contributed by atoms with van der Waals surface area (Å²) >= 11 is 12.4. The Kier molecular flexibility index (Phi) is 10.8. The molecule has 5 N–H and O–H groups in total. The number of carbonyl (C=O) groups is 5. The zero-order chi connectivity index (χ0) is 31.9. The van der Waals surface area contributed by atoms with Gasteiger partial charge in [-0.25, -0.2) is 0 Å². The van der Waals surface area contributed by atoms with E-state index in [1.54, 1.807) is 18.2 Å². The Morgan fingerprint density at radius 3 is 2.38 bits per heavy atom. The summed E-state index contributed by atoms with van der Waals surface area (Å²) in [6.07, 6.45) is 5.96. The first kappa shape index (κ1) is 32.5. The van der Waals surface area contributed by atoms with Crippen LogP contribution in [0, 0.1) is 5.92 Å². The highest BCUT2D eigenvalue weighted by atomic mass is 35.5. The van der Waals surface area contributed by atoms with Crippen LogP contribution in [-0.4, -0.2) is 59.1 Å². The van der Waals surface area contributed by atoms with Crippen LogP contribution >= 0.6 is 23.2 Å².